The molecule has 0 aromatic heterocycles. The maximum absolute atomic E-state index is 11.9. The molecule has 1 unspecified atom stereocenters. The van der Waals surface area contributed by atoms with Gasteiger partial charge in [-0.05, 0) is 32.1 Å². The van der Waals surface area contributed by atoms with E-state index in [1.807, 2.05) is 4.90 Å². The van der Waals surface area contributed by atoms with Crippen LogP contribution in [0.15, 0.2) is 0 Å². The van der Waals surface area contributed by atoms with E-state index in [4.69, 9.17) is 0 Å². The summed E-state index contributed by atoms with van der Waals surface area (Å²) in [5.41, 5.74) is 0. The van der Waals surface area contributed by atoms with Crippen molar-refractivity contribution in [3.8, 4) is 0 Å². The van der Waals surface area contributed by atoms with Gasteiger partial charge in [-0.15, -0.1) is 0 Å². The molecule has 1 aliphatic heterocycles. The van der Waals surface area contributed by atoms with Crippen molar-refractivity contribution < 1.29 is 4.79 Å². The number of amides is 2. The zero-order valence-corrected chi connectivity index (χ0v) is 11.0. The van der Waals surface area contributed by atoms with Crippen LogP contribution in [-0.2, 0) is 0 Å². The monoisotopic (exact) mass is 226 g/mol. The molecule has 0 radical (unpaired) electrons. The average molecular weight is 226 g/mol. The fourth-order valence-corrected chi connectivity index (χ4v) is 2.10. The van der Waals surface area contributed by atoms with Gasteiger partial charge in [0.15, 0.2) is 0 Å². The van der Waals surface area contributed by atoms with Gasteiger partial charge in [0, 0.05) is 19.1 Å². The molecule has 3 nitrogen and oxygen atoms in total. The molecule has 3 heteroatoms. The highest BCUT2D eigenvalue weighted by molar-refractivity contribution is 5.74. The molecular formula is C13H26N2O. The van der Waals surface area contributed by atoms with Gasteiger partial charge in [0.1, 0.15) is 0 Å². The smallest absolute Gasteiger partial charge is 0.317 e. The predicted molar refractivity (Wildman–Crippen MR) is 67.5 cm³/mol. The van der Waals surface area contributed by atoms with Crippen molar-refractivity contribution in [1.82, 2.24) is 10.2 Å². The lowest BCUT2D eigenvalue weighted by atomic mass is 10.00. The van der Waals surface area contributed by atoms with E-state index in [2.05, 4.69) is 26.1 Å². The SMILES string of the molecule is CCCCC(C)NC(=O)N1CCC(C)CC1. The molecule has 16 heavy (non-hydrogen) atoms. The molecule has 1 heterocycles. The van der Waals surface area contributed by atoms with Crippen LogP contribution in [0.1, 0.15) is 52.9 Å². The van der Waals surface area contributed by atoms with Crippen LogP contribution in [0.4, 0.5) is 4.79 Å². The Balaban J connectivity index is 2.23. The summed E-state index contributed by atoms with van der Waals surface area (Å²) in [5.74, 6) is 0.779. The van der Waals surface area contributed by atoms with Gasteiger partial charge in [-0.2, -0.15) is 0 Å². The standard InChI is InChI=1S/C13H26N2O/c1-4-5-6-12(3)14-13(16)15-9-7-11(2)8-10-15/h11-12H,4-10H2,1-3H3,(H,14,16). The summed E-state index contributed by atoms with van der Waals surface area (Å²) >= 11 is 0. The van der Waals surface area contributed by atoms with Crippen LogP contribution in [0.5, 0.6) is 0 Å². The summed E-state index contributed by atoms with van der Waals surface area (Å²) in [6, 6.07) is 0.447. The molecular weight excluding hydrogens is 200 g/mol. The molecule has 1 atom stereocenters. The van der Waals surface area contributed by atoms with Gasteiger partial charge in [0.2, 0.25) is 0 Å². The lowest BCUT2D eigenvalue weighted by Crippen LogP contribution is -2.46. The van der Waals surface area contributed by atoms with E-state index in [9.17, 15) is 4.79 Å². The molecule has 1 N–H and O–H groups in total. The normalized spacial score (nSPS) is 19.6. The summed E-state index contributed by atoms with van der Waals surface area (Å²) < 4.78 is 0. The van der Waals surface area contributed by atoms with Gasteiger partial charge >= 0.3 is 6.03 Å². The first-order chi connectivity index (χ1) is 7.63. The number of nitrogens with one attached hydrogen (secondary N) is 1. The molecule has 0 aromatic carbocycles. The molecule has 0 saturated carbocycles. The Kier molecular flexibility index (Phi) is 5.64. The highest BCUT2D eigenvalue weighted by atomic mass is 16.2. The molecule has 1 saturated heterocycles. The first kappa shape index (κ1) is 13.3. The van der Waals surface area contributed by atoms with Crippen LogP contribution in [0.3, 0.4) is 0 Å². The Morgan fingerprint density at radius 1 is 1.44 bits per heavy atom. The first-order valence-electron chi connectivity index (χ1n) is 6.69. The minimum Gasteiger partial charge on any atom is -0.336 e. The van der Waals surface area contributed by atoms with Crippen LogP contribution in [-0.4, -0.2) is 30.1 Å². The number of unbranched alkanes of at least 4 members (excludes halogenated alkanes) is 1. The Morgan fingerprint density at radius 3 is 2.62 bits per heavy atom. The summed E-state index contributed by atoms with van der Waals surface area (Å²) in [6.07, 6.45) is 5.78. The molecule has 94 valence electrons. The quantitative estimate of drug-likeness (QED) is 0.785. The number of nitrogens with zero attached hydrogens (tertiary/aromatic N) is 1. The zero-order chi connectivity index (χ0) is 12.0. The fourth-order valence-electron chi connectivity index (χ4n) is 2.10. The molecule has 1 aliphatic rings. The van der Waals surface area contributed by atoms with Gasteiger partial charge in [-0.25, -0.2) is 4.79 Å². The van der Waals surface area contributed by atoms with Crippen molar-refractivity contribution in [3.63, 3.8) is 0 Å². The number of carbonyl (C=O) groups excluding carboxylic acids is 1. The summed E-state index contributed by atoms with van der Waals surface area (Å²) in [6.45, 7) is 8.39. The topological polar surface area (TPSA) is 32.3 Å². The van der Waals surface area contributed by atoms with Crippen molar-refractivity contribution >= 4 is 6.03 Å². The molecule has 1 rings (SSSR count). The third-order valence-electron chi connectivity index (χ3n) is 3.43. The van der Waals surface area contributed by atoms with Crippen LogP contribution in [0.25, 0.3) is 0 Å². The molecule has 0 aliphatic carbocycles. The van der Waals surface area contributed by atoms with Crippen molar-refractivity contribution in [2.45, 2.75) is 58.9 Å². The number of carbonyl (C=O) groups is 1. The largest absolute Gasteiger partial charge is 0.336 e. The third-order valence-corrected chi connectivity index (χ3v) is 3.43. The van der Waals surface area contributed by atoms with Crippen LogP contribution < -0.4 is 5.32 Å². The van der Waals surface area contributed by atoms with E-state index < -0.39 is 0 Å². The molecule has 1 fully saturated rings. The fraction of sp³-hybridized carbons (Fsp3) is 0.923. The van der Waals surface area contributed by atoms with Crippen LogP contribution in [0.2, 0.25) is 0 Å². The first-order valence-corrected chi connectivity index (χ1v) is 6.69. The Hall–Kier alpha value is -0.730. The van der Waals surface area contributed by atoms with Crippen molar-refractivity contribution in [2.24, 2.45) is 5.92 Å². The van der Waals surface area contributed by atoms with Crippen LogP contribution in [0, 0.1) is 5.92 Å². The molecule has 0 bridgehead atoms. The number of rotatable bonds is 4. The summed E-state index contributed by atoms with van der Waals surface area (Å²) in [4.78, 5) is 13.9. The minimum atomic E-state index is 0.135. The van der Waals surface area contributed by atoms with E-state index in [0.717, 1.165) is 38.3 Å². The molecule has 0 aromatic rings. The highest BCUT2D eigenvalue weighted by Crippen LogP contribution is 2.16. The number of hydrogen-bond donors (Lipinski definition) is 1. The third kappa shape index (κ3) is 4.42. The minimum absolute atomic E-state index is 0.135. The Bertz CT molecular complexity index is 210. The Morgan fingerprint density at radius 2 is 2.06 bits per heavy atom. The number of piperidine rings is 1. The van der Waals surface area contributed by atoms with E-state index >= 15 is 0 Å². The second kappa shape index (κ2) is 6.77. The maximum atomic E-state index is 11.9. The van der Waals surface area contributed by atoms with Crippen molar-refractivity contribution in [3.05, 3.63) is 0 Å². The lowest BCUT2D eigenvalue weighted by molar-refractivity contribution is 0.170. The van der Waals surface area contributed by atoms with Crippen molar-refractivity contribution in [2.75, 3.05) is 13.1 Å². The highest BCUT2D eigenvalue weighted by Gasteiger charge is 2.20. The number of likely N-dealkylation sites (tertiary alicyclic amines) is 1. The number of urea groups is 1. The Labute approximate surface area is 99.6 Å². The number of hydrogen-bond acceptors (Lipinski definition) is 1. The second-order valence-corrected chi connectivity index (χ2v) is 5.16. The van der Waals surface area contributed by atoms with Gasteiger partial charge in [-0.1, -0.05) is 26.7 Å². The predicted octanol–water partition coefficient (Wildman–Crippen LogP) is 3.01. The van der Waals surface area contributed by atoms with Gasteiger partial charge in [-0.3, -0.25) is 0 Å². The average Bonchev–Trinajstić information content (AvgIpc) is 2.27. The van der Waals surface area contributed by atoms with E-state index in [1.165, 1.54) is 12.8 Å². The van der Waals surface area contributed by atoms with Gasteiger partial charge in [0.25, 0.3) is 0 Å². The summed E-state index contributed by atoms with van der Waals surface area (Å²) in [5, 5.41) is 3.09. The maximum Gasteiger partial charge on any atom is 0.317 e. The second-order valence-electron chi connectivity index (χ2n) is 5.16. The van der Waals surface area contributed by atoms with Crippen molar-refractivity contribution in [1.29, 1.82) is 0 Å². The molecule has 0 spiro atoms. The summed E-state index contributed by atoms with van der Waals surface area (Å²) in [7, 11) is 0. The molecule has 2 amide bonds. The van der Waals surface area contributed by atoms with Crippen LogP contribution >= 0.6 is 0 Å². The van der Waals surface area contributed by atoms with Gasteiger partial charge < -0.3 is 10.2 Å². The zero-order valence-electron chi connectivity index (χ0n) is 11.0. The van der Waals surface area contributed by atoms with E-state index in [1.54, 1.807) is 0 Å². The lowest BCUT2D eigenvalue weighted by Gasteiger charge is -2.31. The van der Waals surface area contributed by atoms with Gasteiger partial charge in [0.05, 0.1) is 0 Å². The van der Waals surface area contributed by atoms with E-state index in [0.29, 0.717) is 6.04 Å². The van der Waals surface area contributed by atoms with E-state index in [-0.39, 0.29) is 6.03 Å².